The number of primary amides is 1. The molecule has 1 saturated carbocycles. The number of hydrogen-bond donors (Lipinski definition) is 2. The highest BCUT2D eigenvalue weighted by atomic mass is 32.1. The molecule has 0 unspecified atom stereocenters. The number of nitrogens with two attached hydrogens (primary N) is 1. The van der Waals surface area contributed by atoms with E-state index in [9.17, 15) is 18.8 Å². The Morgan fingerprint density at radius 2 is 2.03 bits per heavy atom. The summed E-state index contributed by atoms with van der Waals surface area (Å²) in [6, 6.07) is 9.30. The van der Waals surface area contributed by atoms with Crippen LogP contribution >= 0.6 is 11.5 Å². The Balaban J connectivity index is 1.41. The van der Waals surface area contributed by atoms with Crippen molar-refractivity contribution in [2.75, 3.05) is 6.54 Å². The maximum atomic E-state index is 14.4. The second-order valence-corrected chi connectivity index (χ2v) is 8.57. The fourth-order valence-corrected chi connectivity index (χ4v) is 3.87. The van der Waals surface area contributed by atoms with Crippen LogP contribution in [0.15, 0.2) is 42.6 Å². The van der Waals surface area contributed by atoms with Crippen LogP contribution in [0.4, 0.5) is 4.39 Å². The normalized spacial score (nSPS) is 13.9. The zero-order valence-electron chi connectivity index (χ0n) is 17.7. The predicted molar refractivity (Wildman–Crippen MR) is 119 cm³/mol. The molecule has 8 nitrogen and oxygen atoms in total. The molecule has 3 aromatic rings. The smallest absolute Gasteiger partial charge is 0.254 e. The van der Waals surface area contributed by atoms with Crippen LogP contribution in [0.5, 0.6) is 5.75 Å². The van der Waals surface area contributed by atoms with Crippen LogP contribution in [-0.4, -0.2) is 33.5 Å². The third kappa shape index (κ3) is 5.40. The van der Waals surface area contributed by atoms with Crippen molar-refractivity contribution in [2.45, 2.75) is 25.9 Å². The monoisotopic (exact) mass is 468 g/mol. The molecule has 1 aliphatic rings. The topological polar surface area (TPSA) is 124 Å². The Labute approximate surface area is 193 Å². The minimum Gasteiger partial charge on any atom is -0.484 e. The zero-order valence-corrected chi connectivity index (χ0v) is 18.5. The molecule has 0 saturated heterocycles. The molecule has 2 heterocycles. The highest BCUT2D eigenvalue weighted by molar-refractivity contribution is 7.06. The van der Waals surface area contributed by atoms with E-state index in [2.05, 4.69) is 14.7 Å². The lowest BCUT2D eigenvalue weighted by Crippen LogP contribution is -2.33. The lowest BCUT2D eigenvalue weighted by molar-refractivity contribution is -0.117. The van der Waals surface area contributed by atoms with Crippen LogP contribution in [0.3, 0.4) is 0 Å². The highest BCUT2D eigenvalue weighted by Gasteiger charge is 2.31. The van der Waals surface area contributed by atoms with Crippen molar-refractivity contribution < 1.29 is 23.5 Å². The van der Waals surface area contributed by atoms with Gasteiger partial charge in [-0.3, -0.25) is 14.4 Å². The summed E-state index contributed by atoms with van der Waals surface area (Å²) in [5.41, 5.74) is 6.28. The minimum atomic E-state index is -0.736. The van der Waals surface area contributed by atoms with Gasteiger partial charge in [-0.25, -0.2) is 9.37 Å². The van der Waals surface area contributed by atoms with Gasteiger partial charge in [0.2, 0.25) is 5.91 Å². The van der Waals surface area contributed by atoms with Crippen LogP contribution in [-0.2, 0) is 4.79 Å². The van der Waals surface area contributed by atoms with Gasteiger partial charge in [-0.15, -0.1) is 0 Å². The molecule has 10 heteroatoms. The van der Waals surface area contributed by atoms with E-state index < -0.39 is 17.6 Å². The first-order valence-corrected chi connectivity index (χ1v) is 11.1. The number of hydrogen-bond acceptors (Lipinski definition) is 7. The Morgan fingerprint density at radius 3 is 2.67 bits per heavy atom. The second-order valence-electron chi connectivity index (χ2n) is 7.74. The molecule has 1 aliphatic carbocycles. The molecule has 1 fully saturated rings. The summed E-state index contributed by atoms with van der Waals surface area (Å²) in [6.07, 6.45) is 3.05. The average Bonchev–Trinajstić information content (AvgIpc) is 3.53. The standard InChI is InChI=1S/C23H21FN4O4S/c1-12(32-15-5-7-18(26-10-15)22(30)13-2-3-13)20-9-19(28-33-20)14-4-6-16(17(24)8-14)23(31)27-11-21(25)29/h4-10,12-13H,2-3,11H2,1H3,(H2,25,29)(H,27,31)/t12-/m1/s1. The number of ketones is 1. The number of carbonyl (C=O) groups excluding carboxylic acids is 3. The van der Waals surface area contributed by atoms with Gasteiger partial charge in [0.1, 0.15) is 23.4 Å². The number of nitrogens with one attached hydrogen (secondary N) is 1. The molecule has 2 amide bonds. The Kier molecular flexibility index (Phi) is 6.45. The zero-order chi connectivity index (χ0) is 23.5. The molecule has 2 aromatic heterocycles. The maximum Gasteiger partial charge on any atom is 0.254 e. The molecular formula is C23H21FN4O4S. The molecule has 3 N–H and O–H groups in total. The van der Waals surface area contributed by atoms with Crippen molar-refractivity contribution in [1.82, 2.24) is 14.7 Å². The van der Waals surface area contributed by atoms with Crippen LogP contribution in [0.1, 0.15) is 51.6 Å². The SMILES string of the molecule is C[C@@H](Oc1ccc(C(=O)C2CC2)nc1)c1cc(-c2ccc(C(=O)NCC(N)=O)c(F)c2)ns1. The fourth-order valence-electron chi connectivity index (χ4n) is 3.15. The van der Waals surface area contributed by atoms with Crippen LogP contribution in [0.2, 0.25) is 0 Å². The van der Waals surface area contributed by atoms with Crippen molar-refractivity contribution in [3.05, 3.63) is 64.5 Å². The summed E-state index contributed by atoms with van der Waals surface area (Å²) in [5, 5.41) is 2.25. The van der Waals surface area contributed by atoms with E-state index in [0.717, 1.165) is 17.7 Å². The number of aromatic nitrogens is 2. The number of pyridine rings is 1. The number of halogens is 1. The quantitative estimate of drug-likeness (QED) is 0.465. The van der Waals surface area contributed by atoms with E-state index in [1.54, 1.807) is 24.3 Å². The molecule has 0 radical (unpaired) electrons. The van der Waals surface area contributed by atoms with E-state index in [4.69, 9.17) is 10.5 Å². The highest BCUT2D eigenvalue weighted by Crippen LogP contribution is 2.33. The van der Waals surface area contributed by atoms with Crippen molar-refractivity contribution >= 4 is 29.1 Å². The summed E-state index contributed by atoms with van der Waals surface area (Å²) >= 11 is 1.22. The van der Waals surface area contributed by atoms with Gasteiger partial charge in [0.15, 0.2) is 5.78 Å². The van der Waals surface area contributed by atoms with E-state index in [0.29, 0.717) is 22.7 Å². The van der Waals surface area contributed by atoms with Gasteiger partial charge in [-0.05, 0) is 61.6 Å². The summed E-state index contributed by atoms with van der Waals surface area (Å²) < 4.78 is 24.7. The molecule has 4 rings (SSSR count). The third-order valence-corrected chi connectivity index (χ3v) is 6.06. The number of amides is 2. The van der Waals surface area contributed by atoms with Gasteiger partial charge in [0, 0.05) is 11.5 Å². The second kappa shape index (κ2) is 9.45. The van der Waals surface area contributed by atoms with Gasteiger partial charge >= 0.3 is 0 Å². The summed E-state index contributed by atoms with van der Waals surface area (Å²) in [7, 11) is 0. The lowest BCUT2D eigenvalue weighted by atomic mass is 10.1. The van der Waals surface area contributed by atoms with E-state index in [1.165, 1.54) is 29.9 Å². The summed E-state index contributed by atoms with van der Waals surface area (Å²) in [4.78, 5) is 39.8. The van der Waals surface area contributed by atoms with E-state index in [1.807, 2.05) is 6.92 Å². The molecule has 170 valence electrons. The predicted octanol–water partition coefficient (Wildman–Crippen LogP) is 3.29. The Bertz CT molecular complexity index is 1210. The number of rotatable bonds is 9. The molecule has 33 heavy (non-hydrogen) atoms. The van der Waals surface area contributed by atoms with Crippen LogP contribution < -0.4 is 15.8 Å². The fraction of sp³-hybridized carbons (Fsp3) is 0.261. The molecule has 1 atom stereocenters. The summed E-state index contributed by atoms with van der Waals surface area (Å²) in [6.45, 7) is 1.48. The van der Waals surface area contributed by atoms with Gasteiger partial charge in [-0.1, -0.05) is 6.07 Å². The van der Waals surface area contributed by atoms with Crippen LogP contribution in [0, 0.1) is 11.7 Å². The molecule has 0 aliphatic heterocycles. The molecule has 0 bridgehead atoms. The van der Waals surface area contributed by atoms with Gasteiger partial charge in [0.25, 0.3) is 5.91 Å². The number of ether oxygens (including phenoxy) is 1. The molecule has 0 spiro atoms. The van der Waals surface area contributed by atoms with Crippen molar-refractivity contribution in [1.29, 1.82) is 0 Å². The molecular weight excluding hydrogens is 447 g/mol. The van der Waals surface area contributed by atoms with Crippen LogP contribution in [0.25, 0.3) is 11.3 Å². The molecule has 1 aromatic carbocycles. The largest absolute Gasteiger partial charge is 0.484 e. The van der Waals surface area contributed by atoms with Gasteiger partial charge in [0.05, 0.1) is 28.9 Å². The third-order valence-electron chi connectivity index (χ3n) is 5.11. The Morgan fingerprint density at radius 1 is 1.24 bits per heavy atom. The minimum absolute atomic E-state index is 0.0744. The van der Waals surface area contributed by atoms with Gasteiger partial charge in [-0.2, -0.15) is 4.37 Å². The number of carbonyl (C=O) groups is 3. The first kappa shape index (κ1) is 22.5. The lowest BCUT2D eigenvalue weighted by Gasteiger charge is -2.12. The number of nitrogens with zero attached hydrogens (tertiary/aromatic N) is 2. The first-order valence-electron chi connectivity index (χ1n) is 10.3. The Hall–Kier alpha value is -3.66. The van der Waals surface area contributed by atoms with E-state index >= 15 is 0 Å². The summed E-state index contributed by atoms with van der Waals surface area (Å²) in [5.74, 6) is -1.46. The van der Waals surface area contributed by atoms with Crippen molar-refractivity contribution in [2.24, 2.45) is 11.7 Å². The average molecular weight is 469 g/mol. The van der Waals surface area contributed by atoms with E-state index in [-0.39, 0.29) is 29.9 Å². The number of benzene rings is 1. The maximum absolute atomic E-state index is 14.4. The van der Waals surface area contributed by atoms with Crippen molar-refractivity contribution in [3.8, 4) is 17.0 Å². The van der Waals surface area contributed by atoms with Gasteiger partial charge < -0.3 is 15.8 Å². The van der Waals surface area contributed by atoms with Crippen molar-refractivity contribution in [3.63, 3.8) is 0 Å². The number of Topliss-reactive ketones (excluding diaryl/α,β-unsaturated/α-hetero) is 1. The first-order chi connectivity index (χ1) is 15.8.